The van der Waals surface area contributed by atoms with Crippen molar-refractivity contribution in [3.8, 4) is 11.1 Å². The summed E-state index contributed by atoms with van der Waals surface area (Å²) in [7, 11) is 0. The molecule has 2 aromatic rings. The standard InChI is InChI=1S/C24H29F3N4O2/c25-12-20(30-23(33)22(26)27)21(32)17-4-2-16(3-5-17)18-6-7-19(29-13-18)14-31-11-9-24(31)8-1-10-28-15-24/h2-7,13,20-22,28,32H,1,8-12,14-15H2,(H,30,33)/t20-,21-,24?/m1/s1. The lowest BCUT2D eigenvalue weighted by Gasteiger charge is -2.55. The van der Waals surface area contributed by atoms with Gasteiger partial charge in [-0.1, -0.05) is 30.3 Å². The lowest BCUT2D eigenvalue weighted by Crippen LogP contribution is -2.65. The van der Waals surface area contributed by atoms with E-state index >= 15 is 0 Å². The normalized spacial score (nSPS) is 22.7. The van der Waals surface area contributed by atoms with E-state index in [0.29, 0.717) is 5.56 Å². The lowest BCUT2D eigenvalue weighted by molar-refractivity contribution is -0.133. The number of carbonyl (C=O) groups excluding carboxylic acids is 1. The molecule has 2 fully saturated rings. The minimum atomic E-state index is -3.27. The highest BCUT2D eigenvalue weighted by Crippen LogP contribution is 2.37. The van der Waals surface area contributed by atoms with Gasteiger partial charge in [0.1, 0.15) is 12.8 Å². The molecule has 4 rings (SSSR count). The molecule has 0 radical (unpaired) electrons. The maximum atomic E-state index is 13.2. The molecule has 1 unspecified atom stereocenters. The van der Waals surface area contributed by atoms with E-state index in [9.17, 15) is 23.1 Å². The summed E-state index contributed by atoms with van der Waals surface area (Å²) in [6.07, 6.45) is 0.759. The Morgan fingerprint density at radius 2 is 1.94 bits per heavy atom. The Kier molecular flexibility index (Phi) is 7.31. The molecule has 1 aromatic carbocycles. The fourth-order valence-corrected chi connectivity index (χ4v) is 4.71. The van der Waals surface area contributed by atoms with Gasteiger partial charge in [-0.05, 0) is 43.0 Å². The summed E-state index contributed by atoms with van der Waals surface area (Å²) >= 11 is 0. The lowest BCUT2D eigenvalue weighted by atomic mass is 9.78. The second kappa shape index (κ2) is 10.2. The fourth-order valence-electron chi connectivity index (χ4n) is 4.71. The number of piperidine rings is 1. The van der Waals surface area contributed by atoms with Crippen molar-refractivity contribution in [1.29, 1.82) is 0 Å². The summed E-state index contributed by atoms with van der Waals surface area (Å²) in [6, 6.07) is 9.24. The third-order valence-corrected chi connectivity index (χ3v) is 6.80. The average Bonchev–Trinajstić information content (AvgIpc) is 2.85. The maximum Gasteiger partial charge on any atom is 0.315 e. The number of benzene rings is 1. The molecule has 1 spiro atoms. The highest BCUT2D eigenvalue weighted by atomic mass is 19.3. The first-order valence-corrected chi connectivity index (χ1v) is 11.3. The van der Waals surface area contributed by atoms with E-state index in [1.807, 2.05) is 17.4 Å². The van der Waals surface area contributed by atoms with E-state index in [0.717, 1.165) is 43.0 Å². The van der Waals surface area contributed by atoms with Crippen LogP contribution in [-0.2, 0) is 11.3 Å². The number of amides is 1. The quantitative estimate of drug-likeness (QED) is 0.563. The van der Waals surface area contributed by atoms with Gasteiger partial charge in [-0.3, -0.25) is 14.7 Å². The topological polar surface area (TPSA) is 77.5 Å². The van der Waals surface area contributed by atoms with Crippen LogP contribution in [-0.4, -0.2) is 65.2 Å². The van der Waals surface area contributed by atoms with Crippen molar-refractivity contribution in [1.82, 2.24) is 20.5 Å². The zero-order valence-corrected chi connectivity index (χ0v) is 18.3. The monoisotopic (exact) mass is 462 g/mol. The van der Waals surface area contributed by atoms with Crippen molar-refractivity contribution in [3.63, 3.8) is 0 Å². The summed E-state index contributed by atoms with van der Waals surface area (Å²) in [5, 5.41) is 15.6. The van der Waals surface area contributed by atoms with Gasteiger partial charge in [0.2, 0.25) is 0 Å². The van der Waals surface area contributed by atoms with E-state index in [4.69, 9.17) is 0 Å². The van der Waals surface area contributed by atoms with Crippen LogP contribution in [0, 0.1) is 0 Å². The molecule has 2 aliphatic rings. The molecule has 3 atom stereocenters. The third-order valence-electron chi connectivity index (χ3n) is 6.80. The van der Waals surface area contributed by atoms with Crippen molar-refractivity contribution >= 4 is 5.91 Å². The largest absolute Gasteiger partial charge is 0.386 e. The van der Waals surface area contributed by atoms with E-state index in [-0.39, 0.29) is 5.54 Å². The maximum absolute atomic E-state index is 13.2. The summed E-state index contributed by atoms with van der Waals surface area (Å²) < 4.78 is 38.0. The van der Waals surface area contributed by atoms with Crippen LogP contribution in [0.4, 0.5) is 13.2 Å². The number of aliphatic hydroxyl groups is 1. The molecule has 0 bridgehead atoms. The Balaban J connectivity index is 1.38. The smallest absolute Gasteiger partial charge is 0.315 e. The second-order valence-electron chi connectivity index (χ2n) is 8.85. The summed E-state index contributed by atoms with van der Waals surface area (Å²) in [4.78, 5) is 18.3. The average molecular weight is 463 g/mol. The van der Waals surface area contributed by atoms with E-state index in [1.165, 1.54) is 19.3 Å². The molecule has 0 saturated carbocycles. The Morgan fingerprint density at radius 1 is 1.18 bits per heavy atom. The van der Waals surface area contributed by atoms with Crippen LogP contribution in [0.25, 0.3) is 11.1 Å². The molecule has 2 aliphatic heterocycles. The number of carbonyl (C=O) groups is 1. The number of alkyl halides is 3. The highest BCUT2D eigenvalue weighted by molar-refractivity contribution is 5.79. The van der Waals surface area contributed by atoms with Gasteiger partial charge in [-0.25, -0.2) is 4.39 Å². The molecule has 1 aromatic heterocycles. The van der Waals surface area contributed by atoms with E-state index < -0.39 is 31.2 Å². The van der Waals surface area contributed by atoms with Crippen LogP contribution >= 0.6 is 0 Å². The zero-order valence-electron chi connectivity index (χ0n) is 18.3. The number of hydrogen-bond acceptors (Lipinski definition) is 5. The number of aromatic nitrogens is 1. The Bertz CT molecular complexity index is 934. The minimum Gasteiger partial charge on any atom is -0.386 e. The van der Waals surface area contributed by atoms with Crippen molar-refractivity contribution in [2.24, 2.45) is 0 Å². The number of hydrogen-bond donors (Lipinski definition) is 3. The number of halogens is 3. The van der Waals surface area contributed by atoms with Crippen LogP contribution in [0.1, 0.15) is 36.6 Å². The Morgan fingerprint density at radius 3 is 2.48 bits per heavy atom. The van der Waals surface area contributed by atoms with Crippen molar-refractivity contribution in [2.75, 3.05) is 26.3 Å². The van der Waals surface area contributed by atoms with Crippen LogP contribution in [0.15, 0.2) is 42.6 Å². The number of nitrogens with zero attached hydrogens (tertiary/aromatic N) is 2. The molecule has 0 aliphatic carbocycles. The van der Waals surface area contributed by atoms with E-state index in [2.05, 4.69) is 15.2 Å². The van der Waals surface area contributed by atoms with Gasteiger partial charge in [0, 0.05) is 36.9 Å². The molecule has 3 N–H and O–H groups in total. The van der Waals surface area contributed by atoms with Crippen molar-refractivity contribution in [2.45, 2.75) is 49.9 Å². The fraction of sp³-hybridized carbons (Fsp3) is 0.500. The van der Waals surface area contributed by atoms with Crippen LogP contribution in [0.3, 0.4) is 0 Å². The number of aliphatic hydroxyl groups excluding tert-OH is 1. The van der Waals surface area contributed by atoms with Gasteiger partial charge >= 0.3 is 6.43 Å². The zero-order chi connectivity index (χ0) is 23.4. The molecule has 2 saturated heterocycles. The highest BCUT2D eigenvalue weighted by Gasteiger charge is 2.44. The predicted molar refractivity (Wildman–Crippen MR) is 118 cm³/mol. The summed E-state index contributed by atoms with van der Waals surface area (Å²) in [6.45, 7) is 2.88. The predicted octanol–water partition coefficient (Wildman–Crippen LogP) is 2.83. The first kappa shape index (κ1) is 23.7. The first-order chi connectivity index (χ1) is 15.9. The number of nitrogens with one attached hydrogen (secondary N) is 2. The van der Waals surface area contributed by atoms with Gasteiger partial charge in [-0.15, -0.1) is 0 Å². The molecule has 6 nitrogen and oxygen atoms in total. The minimum absolute atomic E-state index is 0.279. The van der Waals surface area contributed by atoms with Gasteiger partial charge < -0.3 is 15.7 Å². The van der Waals surface area contributed by atoms with Crippen LogP contribution in [0.2, 0.25) is 0 Å². The second-order valence-corrected chi connectivity index (χ2v) is 8.85. The van der Waals surface area contributed by atoms with Gasteiger partial charge in [0.15, 0.2) is 0 Å². The number of rotatable bonds is 8. The third kappa shape index (κ3) is 5.20. The van der Waals surface area contributed by atoms with Gasteiger partial charge in [-0.2, -0.15) is 8.78 Å². The van der Waals surface area contributed by atoms with Gasteiger partial charge in [0.05, 0.1) is 11.7 Å². The first-order valence-electron chi connectivity index (χ1n) is 11.3. The Labute approximate surface area is 191 Å². The number of likely N-dealkylation sites (tertiary alicyclic amines) is 1. The van der Waals surface area contributed by atoms with Crippen LogP contribution in [0.5, 0.6) is 0 Å². The molecular formula is C24H29F3N4O2. The molecular weight excluding hydrogens is 433 g/mol. The van der Waals surface area contributed by atoms with E-state index in [1.54, 1.807) is 30.5 Å². The number of pyridine rings is 1. The van der Waals surface area contributed by atoms with Crippen LogP contribution < -0.4 is 10.6 Å². The molecule has 33 heavy (non-hydrogen) atoms. The molecule has 3 heterocycles. The Hall–Kier alpha value is -2.49. The SMILES string of the molecule is O=C(N[C@H](CF)[C@H](O)c1ccc(-c2ccc(CN3CCC34CCCNC4)nc2)cc1)C(F)F. The summed E-state index contributed by atoms with van der Waals surface area (Å²) in [5.74, 6) is -1.61. The van der Waals surface area contributed by atoms with Crippen molar-refractivity contribution in [3.05, 3.63) is 53.9 Å². The van der Waals surface area contributed by atoms with Crippen molar-refractivity contribution < 1.29 is 23.1 Å². The molecule has 9 heteroatoms. The summed E-state index contributed by atoms with van der Waals surface area (Å²) in [5.41, 5.74) is 3.36. The molecule has 1 amide bonds. The van der Waals surface area contributed by atoms with Gasteiger partial charge in [0.25, 0.3) is 5.91 Å². The molecule has 178 valence electrons.